The van der Waals surface area contributed by atoms with Gasteiger partial charge < -0.3 is 29.5 Å². The maximum absolute atomic E-state index is 14.4. The van der Waals surface area contributed by atoms with Crippen molar-refractivity contribution in [2.24, 2.45) is 5.92 Å². The number of amides is 3. The molecule has 3 aromatic rings. The predicted molar refractivity (Wildman–Crippen MR) is 161 cm³/mol. The number of nitrogens with one attached hydrogen (secondary N) is 1. The number of hydrogen-bond donors (Lipinski definition) is 2. The van der Waals surface area contributed by atoms with E-state index in [0.717, 1.165) is 20.1 Å². The molecule has 1 atom stereocenters. The molecular weight excluding hydrogens is 575 g/mol. The number of carboxylic acid groups (broad SMARTS) is 1. The van der Waals surface area contributed by atoms with Crippen molar-refractivity contribution in [3.05, 3.63) is 70.2 Å². The van der Waals surface area contributed by atoms with Gasteiger partial charge in [0.1, 0.15) is 17.3 Å². The van der Waals surface area contributed by atoms with Gasteiger partial charge in [-0.05, 0) is 55.0 Å². The lowest BCUT2D eigenvalue weighted by Crippen LogP contribution is -2.37. The van der Waals surface area contributed by atoms with Gasteiger partial charge in [-0.3, -0.25) is 14.4 Å². The Morgan fingerprint density at radius 1 is 1.14 bits per heavy atom. The van der Waals surface area contributed by atoms with Crippen LogP contribution in [0.4, 0.5) is 19.7 Å². The van der Waals surface area contributed by atoms with Crippen LogP contribution in [0.25, 0.3) is 11.0 Å². The number of imidazole rings is 1. The first kappa shape index (κ1) is 33.5. The Morgan fingerprint density at radius 3 is 2.45 bits per heavy atom. The van der Waals surface area contributed by atoms with E-state index in [1.165, 1.54) is 49.5 Å². The van der Waals surface area contributed by atoms with E-state index >= 15 is 0 Å². The van der Waals surface area contributed by atoms with Crippen molar-refractivity contribution in [2.75, 3.05) is 33.5 Å². The molecule has 14 heteroatoms. The lowest BCUT2D eigenvalue weighted by Gasteiger charge is -2.19. The third-order valence-electron chi connectivity index (χ3n) is 6.48. The Bertz CT molecular complexity index is 1640. The molecule has 2 aromatic heterocycles. The standard InChI is InChI=1S/C30H37FN6O7/c1-18(2)14-19-15-20(31)16-22-26(19)33-24(37(22)29(41)42)17-36-13-9-10-21(28(36)40)32-27(39)23(44-30(43)35(5)6)11-7-8-12-25(38)34(3)4/h8-10,12-13,15-16,18,23H,7,11,14,17H2,1-6H3,(H,32,39)(H,41,42)/b12-8+/t23-/m0/s1. The molecule has 0 aliphatic rings. The number of carbonyl (C=O) groups is 4. The molecule has 2 N–H and O–H groups in total. The van der Waals surface area contributed by atoms with Gasteiger partial charge in [0, 0.05) is 40.5 Å². The van der Waals surface area contributed by atoms with Crippen molar-refractivity contribution in [2.45, 2.75) is 45.8 Å². The monoisotopic (exact) mass is 612 g/mol. The largest absolute Gasteiger partial charge is 0.464 e. The summed E-state index contributed by atoms with van der Waals surface area (Å²) in [6.07, 6.45) is 1.55. The number of ether oxygens (including phenoxy) is 1. The minimum absolute atomic E-state index is 0.0227. The van der Waals surface area contributed by atoms with Crippen LogP contribution in [-0.4, -0.2) is 87.3 Å². The van der Waals surface area contributed by atoms with Gasteiger partial charge in [0.25, 0.3) is 11.5 Å². The number of pyridine rings is 1. The van der Waals surface area contributed by atoms with Gasteiger partial charge in [0.2, 0.25) is 5.91 Å². The molecule has 13 nitrogen and oxygen atoms in total. The fourth-order valence-electron chi connectivity index (χ4n) is 4.35. The zero-order valence-electron chi connectivity index (χ0n) is 25.5. The van der Waals surface area contributed by atoms with E-state index in [4.69, 9.17) is 4.74 Å². The highest BCUT2D eigenvalue weighted by atomic mass is 19.1. The summed E-state index contributed by atoms with van der Waals surface area (Å²) in [6, 6.07) is 5.24. The quantitative estimate of drug-likeness (QED) is 0.312. The molecule has 236 valence electrons. The first-order valence-corrected chi connectivity index (χ1v) is 13.9. The molecule has 0 fully saturated rings. The normalized spacial score (nSPS) is 12.0. The minimum atomic E-state index is -1.40. The Hall–Kier alpha value is -5.01. The second-order valence-electron chi connectivity index (χ2n) is 11.0. The summed E-state index contributed by atoms with van der Waals surface area (Å²) in [5, 5.41) is 12.4. The second kappa shape index (κ2) is 14.4. The van der Waals surface area contributed by atoms with Crippen molar-refractivity contribution in [1.29, 1.82) is 0 Å². The van der Waals surface area contributed by atoms with Crippen LogP contribution in [0.1, 0.15) is 38.1 Å². The number of rotatable bonds is 11. The first-order chi connectivity index (χ1) is 20.7. The first-order valence-electron chi connectivity index (χ1n) is 13.9. The van der Waals surface area contributed by atoms with Crippen molar-refractivity contribution in [1.82, 2.24) is 23.9 Å². The maximum atomic E-state index is 14.4. The Morgan fingerprint density at radius 2 is 1.84 bits per heavy atom. The molecule has 0 saturated heterocycles. The smallest absolute Gasteiger partial charge is 0.417 e. The van der Waals surface area contributed by atoms with Crippen LogP contribution in [0.2, 0.25) is 0 Å². The fraction of sp³-hybridized carbons (Fsp3) is 0.400. The molecule has 44 heavy (non-hydrogen) atoms. The molecule has 1 aromatic carbocycles. The van der Waals surface area contributed by atoms with Gasteiger partial charge in [-0.1, -0.05) is 19.9 Å². The Labute approximate surface area is 253 Å². The van der Waals surface area contributed by atoms with E-state index in [2.05, 4.69) is 10.3 Å². The number of benzene rings is 1. The summed E-state index contributed by atoms with van der Waals surface area (Å²) in [4.78, 5) is 69.7. The zero-order valence-corrected chi connectivity index (χ0v) is 25.5. The molecule has 0 bridgehead atoms. The highest BCUT2D eigenvalue weighted by molar-refractivity contribution is 5.95. The Kier molecular flexibility index (Phi) is 11.0. The number of halogens is 1. The number of hydrogen-bond acceptors (Lipinski definition) is 7. The van der Waals surface area contributed by atoms with Crippen LogP contribution in [0.15, 0.2) is 47.4 Å². The van der Waals surface area contributed by atoms with E-state index in [1.54, 1.807) is 20.2 Å². The highest BCUT2D eigenvalue weighted by Crippen LogP contribution is 2.25. The van der Waals surface area contributed by atoms with Gasteiger partial charge in [-0.2, -0.15) is 0 Å². The van der Waals surface area contributed by atoms with Crippen LogP contribution in [0.3, 0.4) is 0 Å². The van der Waals surface area contributed by atoms with E-state index in [-0.39, 0.29) is 48.2 Å². The van der Waals surface area contributed by atoms with Gasteiger partial charge in [-0.15, -0.1) is 0 Å². The van der Waals surface area contributed by atoms with Crippen molar-refractivity contribution in [3.63, 3.8) is 0 Å². The number of aromatic nitrogens is 3. The molecule has 0 spiro atoms. The number of allylic oxidation sites excluding steroid dienone is 1. The van der Waals surface area contributed by atoms with E-state index in [9.17, 15) is 33.5 Å². The van der Waals surface area contributed by atoms with E-state index < -0.39 is 35.6 Å². The molecule has 0 aliphatic heterocycles. The summed E-state index contributed by atoms with van der Waals surface area (Å²) in [5.41, 5.74) is 0.108. The molecule has 0 aliphatic carbocycles. The Balaban J connectivity index is 1.90. The van der Waals surface area contributed by atoms with Gasteiger partial charge in [0.15, 0.2) is 6.10 Å². The van der Waals surface area contributed by atoms with Gasteiger partial charge in [0.05, 0.1) is 17.6 Å². The van der Waals surface area contributed by atoms with Crippen molar-refractivity contribution < 1.29 is 33.4 Å². The molecule has 0 saturated carbocycles. The lowest BCUT2D eigenvalue weighted by atomic mass is 10.0. The number of likely N-dealkylation sites (N-methyl/N-ethyl adjacent to an activating group) is 1. The second-order valence-corrected chi connectivity index (χ2v) is 11.0. The zero-order chi connectivity index (χ0) is 32.7. The molecular formula is C30H37FN6O7. The van der Waals surface area contributed by atoms with Crippen molar-refractivity contribution >= 4 is 40.7 Å². The van der Waals surface area contributed by atoms with Gasteiger partial charge >= 0.3 is 12.2 Å². The average Bonchev–Trinajstić information content (AvgIpc) is 3.29. The number of fused-ring (bicyclic) bond motifs is 1. The minimum Gasteiger partial charge on any atom is -0.464 e. The molecule has 3 amide bonds. The maximum Gasteiger partial charge on any atom is 0.417 e. The third-order valence-corrected chi connectivity index (χ3v) is 6.48. The number of carbonyl (C=O) groups excluding carboxylic acids is 3. The molecule has 2 heterocycles. The van der Waals surface area contributed by atoms with E-state index in [0.29, 0.717) is 17.5 Å². The summed E-state index contributed by atoms with van der Waals surface area (Å²) in [6.45, 7) is 3.59. The summed E-state index contributed by atoms with van der Waals surface area (Å²) >= 11 is 0. The predicted octanol–water partition coefficient (Wildman–Crippen LogP) is 3.54. The summed E-state index contributed by atoms with van der Waals surface area (Å²) in [5.74, 6) is -1.50. The fourth-order valence-corrected chi connectivity index (χ4v) is 4.35. The summed E-state index contributed by atoms with van der Waals surface area (Å²) in [7, 11) is 6.09. The van der Waals surface area contributed by atoms with Crippen LogP contribution in [-0.2, 0) is 27.3 Å². The summed E-state index contributed by atoms with van der Waals surface area (Å²) < 4.78 is 21.7. The number of anilines is 1. The third kappa shape index (κ3) is 8.30. The average molecular weight is 613 g/mol. The lowest BCUT2D eigenvalue weighted by molar-refractivity contribution is -0.125. The molecule has 3 rings (SSSR count). The van der Waals surface area contributed by atoms with Crippen LogP contribution >= 0.6 is 0 Å². The highest BCUT2D eigenvalue weighted by Gasteiger charge is 2.25. The van der Waals surface area contributed by atoms with Crippen LogP contribution < -0.4 is 10.9 Å². The van der Waals surface area contributed by atoms with Gasteiger partial charge in [-0.25, -0.2) is 23.5 Å². The SMILES string of the molecule is CC(C)Cc1cc(F)cc2c1nc(Cn1cccc(NC(=O)[C@H](CC/C=C/C(=O)N(C)C)OC(=O)N(C)C)c1=O)n2C(=O)O. The topological polar surface area (TPSA) is 156 Å². The van der Waals surface area contributed by atoms with E-state index in [1.807, 2.05) is 13.8 Å². The van der Waals surface area contributed by atoms with Crippen LogP contribution in [0, 0.1) is 11.7 Å². The number of nitrogens with zero attached hydrogens (tertiary/aromatic N) is 5. The van der Waals surface area contributed by atoms with Crippen molar-refractivity contribution in [3.8, 4) is 0 Å². The molecule has 0 unspecified atom stereocenters. The molecule has 0 radical (unpaired) electrons. The van der Waals surface area contributed by atoms with Crippen LogP contribution in [0.5, 0.6) is 0 Å².